The van der Waals surface area contributed by atoms with Crippen molar-refractivity contribution in [2.24, 2.45) is 0 Å². The van der Waals surface area contributed by atoms with E-state index >= 15 is 0 Å². The van der Waals surface area contributed by atoms with Crippen LogP contribution in [0.3, 0.4) is 0 Å². The second-order valence-electron chi connectivity index (χ2n) is 5.19. The maximum atomic E-state index is 11.9. The van der Waals surface area contributed by atoms with Crippen LogP contribution in [0.25, 0.3) is 0 Å². The molecule has 1 aromatic carbocycles. The van der Waals surface area contributed by atoms with Crippen molar-refractivity contribution < 1.29 is 19.0 Å². The molecule has 0 spiro atoms. The lowest BCUT2D eigenvalue weighted by molar-refractivity contribution is -0.148. The summed E-state index contributed by atoms with van der Waals surface area (Å²) in [7, 11) is 4.70. The van der Waals surface area contributed by atoms with Crippen molar-refractivity contribution in [1.29, 1.82) is 0 Å². The highest BCUT2D eigenvalue weighted by Gasteiger charge is 2.29. The lowest BCUT2D eigenvalue weighted by Gasteiger charge is -2.33. The summed E-state index contributed by atoms with van der Waals surface area (Å²) in [6, 6.07) is 5.72. The first-order chi connectivity index (χ1) is 10.2. The topological polar surface area (TPSA) is 48.0 Å². The Bertz CT molecular complexity index is 489. The molecule has 21 heavy (non-hydrogen) atoms. The Kier molecular flexibility index (Phi) is 5.44. The van der Waals surface area contributed by atoms with Crippen LogP contribution in [-0.2, 0) is 16.1 Å². The molecule has 0 aromatic heterocycles. The number of esters is 1. The summed E-state index contributed by atoms with van der Waals surface area (Å²) in [5.74, 6) is 1.28. The van der Waals surface area contributed by atoms with Crippen molar-refractivity contribution in [3.8, 4) is 11.5 Å². The number of nitrogens with zero attached hydrogens (tertiary/aromatic N) is 1. The van der Waals surface area contributed by atoms with Gasteiger partial charge in [0.25, 0.3) is 0 Å². The smallest absolute Gasteiger partial charge is 0.323 e. The van der Waals surface area contributed by atoms with Crippen LogP contribution in [0.2, 0.25) is 0 Å². The van der Waals surface area contributed by atoms with Gasteiger partial charge in [0.15, 0.2) is 11.5 Å². The molecule has 2 rings (SSSR count). The normalized spacial score (nSPS) is 19.1. The highest BCUT2D eigenvalue weighted by Crippen LogP contribution is 2.29. The van der Waals surface area contributed by atoms with Gasteiger partial charge in [-0.3, -0.25) is 9.69 Å². The third kappa shape index (κ3) is 3.67. The van der Waals surface area contributed by atoms with E-state index < -0.39 is 0 Å². The molecular formula is C16H23NO4. The number of ether oxygens (including phenoxy) is 3. The van der Waals surface area contributed by atoms with Gasteiger partial charge < -0.3 is 14.2 Å². The molecule has 0 unspecified atom stereocenters. The second kappa shape index (κ2) is 7.31. The van der Waals surface area contributed by atoms with Crippen molar-refractivity contribution in [3.63, 3.8) is 0 Å². The van der Waals surface area contributed by atoms with Crippen LogP contribution in [-0.4, -0.2) is 44.8 Å². The Balaban J connectivity index is 2.13. The number of methoxy groups -OCH3 is 3. The standard InChI is InChI=1S/C16H23NO4/c1-19-14-8-7-12(10-15(14)20-2)11-17-9-5-4-6-13(17)16(18)21-3/h7-8,10,13H,4-6,9,11H2,1-3H3/t13-/m1/s1. The molecule has 116 valence electrons. The molecule has 1 aliphatic heterocycles. The van der Waals surface area contributed by atoms with Crippen molar-refractivity contribution in [2.45, 2.75) is 31.8 Å². The van der Waals surface area contributed by atoms with Gasteiger partial charge in [0.2, 0.25) is 0 Å². The highest BCUT2D eigenvalue weighted by atomic mass is 16.5. The highest BCUT2D eigenvalue weighted by molar-refractivity contribution is 5.75. The molecule has 1 aliphatic rings. The monoisotopic (exact) mass is 293 g/mol. The molecular weight excluding hydrogens is 270 g/mol. The molecule has 0 bridgehead atoms. The number of carbonyl (C=O) groups excluding carboxylic acids is 1. The summed E-state index contributed by atoms with van der Waals surface area (Å²) >= 11 is 0. The number of rotatable bonds is 5. The average molecular weight is 293 g/mol. The molecule has 1 atom stereocenters. The average Bonchev–Trinajstić information content (AvgIpc) is 2.54. The Labute approximate surface area is 125 Å². The van der Waals surface area contributed by atoms with Crippen molar-refractivity contribution in [2.75, 3.05) is 27.9 Å². The van der Waals surface area contributed by atoms with E-state index in [2.05, 4.69) is 4.90 Å². The van der Waals surface area contributed by atoms with E-state index in [1.807, 2.05) is 18.2 Å². The lowest BCUT2D eigenvalue weighted by atomic mass is 10.0. The van der Waals surface area contributed by atoms with Crippen molar-refractivity contribution in [3.05, 3.63) is 23.8 Å². The number of carbonyl (C=O) groups is 1. The van der Waals surface area contributed by atoms with Gasteiger partial charge in [0, 0.05) is 6.54 Å². The minimum atomic E-state index is -0.143. The van der Waals surface area contributed by atoms with E-state index in [0.29, 0.717) is 18.0 Å². The second-order valence-corrected chi connectivity index (χ2v) is 5.19. The van der Waals surface area contributed by atoms with Gasteiger partial charge in [-0.15, -0.1) is 0 Å². The third-order valence-corrected chi connectivity index (χ3v) is 3.92. The fourth-order valence-electron chi connectivity index (χ4n) is 2.80. The van der Waals surface area contributed by atoms with Crippen LogP contribution in [0, 0.1) is 0 Å². The number of hydrogen-bond acceptors (Lipinski definition) is 5. The molecule has 1 saturated heterocycles. The van der Waals surface area contributed by atoms with Crippen LogP contribution in [0.15, 0.2) is 18.2 Å². The molecule has 0 N–H and O–H groups in total. The van der Waals surface area contributed by atoms with E-state index in [9.17, 15) is 4.79 Å². The Morgan fingerprint density at radius 3 is 2.62 bits per heavy atom. The predicted octanol–water partition coefficient (Wildman–Crippen LogP) is 2.23. The van der Waals surface area contributed by atoms with Gasteiger partial charge >= 0.3 is 5.97 Å². The molecule has 0 radical (unpaired) electrons. The van der Waals surface area contributed by atoms with Crippen molar-refractivity contribution in [1.82, 2.24) is 4.90 Å². The van der Waals surface area contributed by atoms with Gasteiger partial charge in [0.1, 0.15) is 6.04 Å². The molecule has 1 fully saturated rings. The van der Waals surface area contributed by atoms with Crippen LogP contribution in [0.1, 0.15) is 24.8 Å². The fraction of sp³-hybridized carbons (Fsp3) is 0.562. The molecule has 5 heteroatoms. The third-order valence-electron chi connectivity index (χ3n) is 3.92. The molecule has 0 amide bonds. The van der Waals surface area contributed by atoms with Gasteiger partial charge in [0.05, 0.1) is 21.3 Å². The molecule has 5 nitrogen and oxygen atoms in total. The SMILES string of the molecule is COC(=O)[C@H]1CCCCN1Cc1ccc(OC)c(OC)c1. The Morgan fingerprint density at radius 1 is 1.19 bits per heavy atom. The summed E-state index contributed by atoms with van der Waals surface area (Å²) in [5.41, 5.74) is 1.10. The summed E-state index contributed by atoms with van der Waals surface area (Å²) in [5, 5.41) is 0. The summed E-state index contributed by atoms with van der Waals surface area (Å²) < 4.78 is 15.5. The van der Waals surface area contributed by atoms with E-state index in [1.165, 1.54) is 7.11 Å². The minimum absolute atomic E-state index is 0.142. The zero-order chi connectivity index (χ0) is 15.2. The van der Waals surface area contributed by atoms with E-state index in [4.69, 9.17) is 14.2 Å². The first kappa shape index (κ1) is 15.6. The summed E-state index contributed by atoms with van der Waals surface area (Å²) in [6.07, 6.45) is 3.04. The molecule has 1 heterocycles. The van der Waals surface area contributed by atoms with Gasteiger partial charge in [-0.2, -0.15) is 0 Å². The number of piperidine rings is 1. The van der Waals surface area contributed by atoms with E-state index in [-0.39, 0.29) is 12.0 Å². The minimum Gasteiger partial charge on any atom is -0.493 e. The zero-order valence-corrected chi connectivity index (χ0v) is 12.9. The Morgan fingerprint density at radius 2 is 1.95 bits per heavy atom. The van der Waals surface area contributed by atoms with Crippen LogP contribution in [0.4, 0.5) is 0 Å². The fourth-order valence-corrected chi connectivity index (χ4v) is 2.80. The first-order valence-corrected chi connectivity index (χ1v) is 7.22. The summed E-state index contributed by atoms with van der Waals surface area (Å²) in [4.78, 5) is 14.1. The quantitative estimate of drug-likeness (QED) is 0.779. The van der Waals surface area contributed by atoms with E-state index in [0.717, 1.165) is 31.4 Å². The molecule has 1 aromatic rings. The number of benzene rings is 1. The zero-order valence-electron chi connectivity index (χ0n) is 12.9. The predicted molar refractivity (Wildman–Crippen MR) is 79.6 cm³/mol. The van der Waals surface area contributed by atoms with Crippen molar-refractivity contribution >= 4 is 5.97 Å². The molecule has 0 saturated carbocycles. The van der Waals surface area contributed by atoms with Gasteiger partial charge in [-0.05, 0) is 37.1 Å². The first-order valence-electron chi connectivity index (χ1n) is 7.22. The largest absolute Gasteiger partial charge is 0.493 e. The lowest BCUT2D eigenvalue weighted by Crippen LogP contribution is -2.44. The van der Waals surface area contributed by atoms with Crippen LogP contribution in [0.5, 0.6) is 11.5 Å². The van der Waals surface area contributed by atoms with Gasteiger partial charge in [-0.1, -0.05) is 12.5 Å². The number of hydrogen-bond donors (Lipinski definition) is 0. The van der Waals surface area contributed by atoms with Gasteiger partial charge in [-0.25, -0.2) is 0 Å². The Hall–Kier alpha value is -1.75. The molecule has 0 aliphatic carbocycles. The van der Waals surface area contributed by atoms with Crippen LogP contribution >= 0.6 is 0 Å². The van der Waals surface area contributed by atoms with Crippen LogP contribution < -0.4 is 9.47 Å². The van der Waals surface area contributed by atoms with E-state index in [1.54, 1.807) is 14.2 Å². The summed E-state index contributed by atoms with van der Waals surface area (Å²) in [6.45, 7) is 1.62. The maximum Gasteiger partial charge on any atom is 0.323 e. The maximum absolute atomic E-state index is 11.9. The number of likely N-dealkylation sites (tertiary alicyclic amines) is 1.